The van der Waals surface area contributed by atoms with Crippen LogP contribution in [0.25, 0.3) is 0 Å². The summed E-state index contributed by atoms with van der Waals surface area (Å²) in [4.78, 5) is 2.18. The second-order valence-corrected chi connectivity index (χ2v) is 5.54. The summed E-state index contributed by atoms with van der Waals surface area (Å²) in [6, 6.07) is 17.5. The van der Waals surface area contributed by atoms with E-state index in [1.54, 1.807) is 6.07 Å². The van der Waals surface area contributed by atoms with E-state index < -0.39 is 0 Å². The van der Waals surface area contributed by atoms with Crippen molar-refractivity contribution in [2.24, 2.45) is 0 Å². The second-order valence-electron chi connectivity index (χ2n) is 5.54. The molecule has 0 bridgehead atoms. The monoisotopic (exact) mass is 286 g/mol. The van der Waals surface area contributed by atoms with Crippen molar-refractivity contribution in [2.45, 2.75) is 19.0 Å². The number of hydrogen-bond donors (Lipinski definition) is 1. The quantitative estimate of drug-likeness (QED) is 0.869. The number of nitrogens with one attached hydrogen (secondary N) is 1. The maximum Gasteiger partial charge on any atom is 0.127 e. The molecule has 2 aromatic carbocycles. The van der Waals surface area contributed by atoms with Crippen LogP contribution in [-0.4, -0.2) is 25.5 Å². The van der Waals surface area contributed by atoms with Crippen LogP contribution < -0.4 is 5.32 Å². The summed E-state index contributed by atoms with van der Waals surface area (Å²) in [5.74, 6) is -0.154. The molecule has 2 nitrogen and oxygen atoms in total. The van der Waals surface area contributed by atoms with E-state index in [0.717, 1.165) is 6.54 Å². The first kappa shape index (κ1) is 15.7. The van der Waals surface area contributed by atoms with Crippen molar-refractivity contribution in [1.82, 2.24) is 10.2 Å². The summed E-state index contributed by atoms with van der Waals surface area (Å²) in [6.07, 6.45) is 0. The summed E-state index contributed by atoms with van der Waals surface area (Å²) in [5, 5.41) is 3.44. The van der Waals surface area contributed by atoms with Gasteiger partial charge in [-0.05, 0) is 32.6 Å². The van der Waals surface area contributed by atoms with E-state index in [4.69, 9.17) is 0 Å². The van der Waals surface area contributed by atoms with E-state index in [2.05, 4.69) is 36.4 Å². The van der Waals surface area contributed by atoms with Crippen molar-refractivity contribution >= 4 is 0 Å². The highest BCUT2D eigenvalue weighted by molar-refractivity contribution is 5.22. The van der Waals surface area contributed by atoms with E-state index in [1.165, 1.54) is 11.6 Å². The van der Waals surface area contributed by atoms with Gasteiger partial charge in [0.1, 0.15) is 5.82 Å². The molecule has 2 aromatic rings. The Morgan fingerprint density at radius 1 is 1.00 bits per heavy atom. The molecule has 21 heavy (non-hydrogen) atoms. The average Bonchev–Trinajstić information content (AvgIpc) is 2.48. The van der Waals surface area contributed by atoms with E-state index in [-0.39, 0.29) is 17.9 Å². The standard InChI is InChI=1S/C18H23FN2/c1-14(16-11-7-8-12-17(16)19)20-13-18(21(2)3)15-9-5-4-6-10-15/h4-12,14,18,20H,13H2,1-3H3. The van der Waals surface area contributed by atoms with Crippen molar-refractivity contribution in [3.8, 4) is 0 Å². The number of rotatable bonds is 6. The summed E-state index contributed by atoms with van der Waals surface area (Å²) < 4.78 is 13.8. The zero-order chi connectivity index (χ0) is 15.2. The normalized spacial score (nSPS) is 14.1. The van der Waals surface area contributed by atoms with Gasteiger partial charge in [0.05, 0.1) is 0 Å². The minimum absolute atomic E-state index is 0.0163. The third-order valence-corrected chi connectivity index (χ3v) is 3.80. The van der Waals surface area contributed by atoms with Crippen LogP contribution in [0.2, 0.25) is 0 Å². The first-order valence-electron chi connectivity index (χ1n) is 7.28. The first-order chi connectivity index (χ1) is 10.1. The van der Waals surface area contributed by atoms with Crippen LogP contribution in [0, 0.1) is 5.82 Å². The van der Waals surface area contributed by atoms with Crippen LogP contribution in [0.15, 0.2) is 54.6 Å². The first-order valence-corrected chi connectivity index (χ1v) is 7.28. The summed E-state index contributed by atoms with van der Waals surface area (Å²) in [5.41, 5.74) is 1.97. The minimum Gasteiger partial charge on any atom is -0.308 e. The number of benzene rings is 2. The van der Waals surface area contributed by atoms with Gasteiger partial charge in [0.15, 0.2) is 0 Å². The lowest BCUT2D eigenvalue weighted by Crippen LogP contribution is -2.32. The van der Waals surface area contributed by atoms with E-state index in [0.29, 0.717) is 5.56 Å². The maximum atomic E-state index is 13.8. The van der Waals surface area contributed by atoms with Gasteiger partial charge in [-0.2, -0.15) is 0 Å². The Morgan fingerprint density at radius 3 is 2.24 bits per heavy atom. The molecule has 2 unspecified atom stereocenters. The molecule has 0 fully saturated rings. The van der Waals surface area contributed by atoms with Gasteiger partial charge in [0.25, 0.3) is 0 Å². The van der Waals surface area contributed by atoms with E-state index in [9.17, 15) is 4.39 Å². The van der Waals surface area contributed by atoms with Crippen LogP contribution in [0.4, 0.5) is 4.39 Å². The molecule has 0 amide bonds. The van der Waals surface area contributed by atoms with Gasteiger partial charge in [-0.3, -0.25) is 0 Å². The Balaban J connectivity index is 2.04. The zero-order valence-electron chi connectivity index (χ0n) is 12.9. The van der Waals surface area contributed by atoms with Crippen LogP contribution in [0.3, 0.4) is 0 Å². The molecule has 0 saturated carbocycles. The van der Waals surface area contributed by atoms with Crippen molar-refractivity contribution in [1.29, 1.82) is 0 Å². The number of halogens is 1. The van der Waals surface area contributed by atoms with Crippen LogP contribution in [0.1, 0.15) is 30.1 Å². The predicted octanol–water partition coefficient (Wildman–Crippen LogP) is 3.78. The highest BCUT2D eigenvalue weighted by Crippen LogP contribution is 2.20. The van der Waals surface area contributed by atoms with Crippen molar-refractivity contribution < 1.29 is 4.39 Å². The molecule has 112 valence electrons. The van der Waals surface area contributed by atoms with Gasteiger partial charge in [-0.15, -0.1) is 0 Å². The van der Waals surface area contributed by atoms with Gasteiger partial charge in [-0.1, -0.05) is 48.5 Å². The number of hydrogen-bond acceptors (Lipinski definition) is 2. The van der Waals surface area contributed by atoms with E-state index in [1.807, 2.05) is 37.3 Å². The van der Waals surface area contributed by atoms with Crippen LogP contribution >= 0.6 is 0 Å². The molecule has 2 atom stereocenters. The molecule has 0 radical (unpaired) electrons. The summed E-state index contributed by atoms with van der Waals surface area (Å²) >= 11 is 0. The molecule has 0 aliphatic rings. The third kappa shape index (κ3) is 4.13. The molecule has 0 aliphatic carbocycles. The molecule has 0 aliphatic heterocycles. The molecular formula is C18H23FN2. The van der Waals surface area contributed by atoms with Gasteiger partial charge in [0, 0.05) is 24.2 Å². The molecule has 3 heteroatoms. The summed E-state index contributed by atoms with van der Waals surface area (Å²) in [7, 11) is 4.13. The molecule has 0 saturated heterocycles. The second kappa shape index (κ2) is 7.34. The van der Waals surface area contributed by atoms with Crippen molar-refractivity contribution in [2.75, 3.05) is 20.6 Å². The topological polar surface area (TPSA) is 15.3 Å². The predicted molar refractivity (Wildman–Crippen MR) is 85.7 cm³/mol. The van der Waals surface area contributed by atoms with E-state index >= 15 is 0 Å². The Morgan fingerprint density at radius 2 is 1.62 bits per heavy atom. The Bertz CT molecular complexity index is 554. The molecule has 0 spiro atoms. The maximum absolute atomic E-state index is 13.8. The summed E-state index contributed by atoms with van der Waals surface area (Å²) in [6.45, 7) is 2.77. The van der Waals surface area contributed by atoms with Gasteiger partial charge in [0.2, 0.25) is 0 Å². The van der Waals surface area contributed by atoms with Crippen LogP contribution in [-0.2, 0) is 0 Å². The fourth-order valence-electron chi connectivity index (χ4n) is 2.50. The van der Waals surface area contributed by atoms with Gasteiger partial charge < -0.3 is 10.2 Å². The fraction of sp³-hybridized carbons (Fsp3) is 0.333. The SMILES string of the molecule is CC(NCC(c1ccccc1)N(C)C)c1ccccc1F. The number of nitrogens with zero attached hydrogens (tertiary/aromatic N) is 1. The van der Waals surface area contributed by atoms with Crippen molar-refractivity contribution in [3.63, 3.8) is 0 Å². The molecule has 0 heterocycles. The Hall–Kier alpha value is -1.71. The van der Waals surface area contributed by atoms with Gasteiger partial charge >= 0.3 is 0 Å². The highest BCUT2D eigenvalue weighted by atomic mass is 19.1. The van der Waals surface area contributed by atoms with Gasteiger partial charge in [-0.25, -0.2) is 4.39 Å². The zero-order valence-corrected chi connectivity index (χ0v) is 12.9. The van der Waals surface area contributed by atoms with Crippen molar-refractivity contribution in [3.05, 3.63) is 71.5 Å². The lowest BCUT2D eigenvalue weighted by molar-refractivity contribution is 0.281. The Labute approximate surface area is 126 Å². The third-order valence-electron chi connectivity index (χ3n) is 3.80. The fourth-order valence-corrected chi connectivity index (χ4v) is 2.50. The molecular weight excluding hydrogens is 263 g/mol. The average molecular weight is 286 g/mol. The lowest BCUT2D eigenvalue weighted by Gasteiger charge is -2.27. The smallest absolute Gasteiger partial charge is 0.127 e. The minimum atomic E-state index is -0.154. The highest BCUT2D eigenvalue weighted by Gasteiger charge is 2.16. The molecule has 1 N–H and O–H groups in total. The Kier molecular flexibility index (Phi) is 5.48. The van der Waals surface area contributed by atoms with Crippen LogP contribution in [0.5, 0.6) is 0 Å². The molecule has 0 aromatic heterocycles. The number of likely N-dealkylation sites (N-methyl/N-ethyl adjacent to an activating group) is 1. The molecule has 2 rings (SSSR count). The largest absolute Gasteiger partial charge is 0.308 e. The lowest BCUT2D eigenvalue weighted by atomic mass is 10.0.